The first-order valence-electron chi connectivity index (χ1n) is 9.96. The van der Waals surface area contributed by atoms with Gasteiger partial charge in [-0.15, -0.1) is 0 Å². The Hall–Kier alpha value is -4.39. The molecule has 32 heavy (non-hydrogen) atoms. The van der Waals surface area contributed by atoms with E-state index in [1.807, 2.05) is 11.0 Å². The van der Waals surface area contributed by atoms with Crippen molar-refractivity contribution in [2.45, 2.75) is 12.8 Å². The van der Waals surface area contributed by atoms with Crippen LogP contribution in [-0.2, 0) is 4.74 Å². The summed E-state index contributed by atoms with van der Waals surface area (Å²) in [6, 6.07) is 13.1. The number of esters is 1. The summed E-state index contributed by atoms with van der Waals surface area (Å²) in [5, 5.41) is 31.3. The summed E-state index contributed by atoms with van der Waals surface area (Å²) in [4.78, 5) is 32.5. The molecule has 2 aromatic carbocycles. The minimum absolute atomic E-state index is 0.0188. The third-order valence-corrected chi connectivity index (χ3v) is 5.22. The van der Waals surface area contributed by atoms with Gasteiger partial charge in [0.2, 0.25) is 0 Å². The molecular formula is C22H19N5O5. The van der Waals surface area contributed by atoms with E-state index in [1.165, 1.54) is 18.2 Å². The number of carbonyl (C=O) groups is 1. The normalized spacial score (nSPS) is 14.2. The number of nitrogens with zero attached hydrogens (tertiary/aromatic N) is 4. The standard InChI is InChI=1S/C22H19N5O5/c23-12-15(21-24-16-5-1-2-6-17(16)25-21)20(28)13-32-22(29)14-7-8-18(19(11-14)27(30)31)26-9-3-4-10-26/h1-2,5-8,11,28H,3-4,9-10,13H2,(H,24,25)/b20-15-. The van der Waals surface area contributed by atoms with Crippen LogP contribution in [0.1, 0.15) is 29.0 Å². The van der Waals surface area contributed by atoms with Gasteiger partial charge in [0.1, 0.15) is 23.9 Å². The van der Waals surface area contributed by atoms with E-state index in [0.29, 0.717) is 16.7 Å². The fourth-order valence-corrected chi connectivity index (χ4v) is 3.64. The number of carbonyl (C=O) groups excluding carboxylic acids is 1. The number of nitro groups is 1. The maximum Gasteiger partial charge on any atom is 0.338 e. The summed E-state index contributed by atoms with van der Waals surface area (Å²) in [5.74, 6) is -1.19. The molecule has 1 aromatic heterocycles. The average Bonchev–Trinajstić information content (AvgIpc) is 3.47. The Kier molecular flexibility index (Phi) is 5.72. The van der Waals surface area contributed by atoms with E-state index in [9.17, 15) is 25.3 Å². The summed E-state index contributed by atoms with van der Waals surface area (Å²) < 4.78 is 5.09. The molecule has 0 amide bonds. The van der Waals surface area contributed by atoms with Gasteiger partial charge in [-0.05, 0) is 37.1 Å². The molecule has 0 radical (unpaired) electrons. The van der Waals surface area contributed by atoms with Crippen molar-refractivity contribution < 1.29 is 19.6 Å². The molecule has 1 aliphatic rings. The van der Waals surface area contributed by atoms with Crippen molar-refractivity contribution in [3.05, 3.63) is 69.7 Å². The Labute approximate surface area is 182 Å². The predicted octanol–water partition coefficient (Wildman–Crippen LogP) is 3.72. The molecule has 0 aliphatic carbocycles. The van der Waals surface area contributed by atoms with Crippen molar-refractivity contribution in [1.82, 2.24) is 9.97 Å². The van der Waals surface area contributed by atoms with E-state index in [2.05, 4.69) is 9.97 Å². The highest BCUT2D eigenvalue weighted by atomic mass is 16.6. The zero-order chi connectivity index (χ0) is 22.7. The first-order chi connectivity index (χ1) is 15.5. The monoisotopic (exact) mass is 433 g/mol. The number of fused-ring (bicyclic) bond motifs is 1. The number of nitro benzene ring substituents is 1. The number of benzene rings is 2. The fourth-order valence-electron chi connectivity index (χ4n) is 3.64. The lowest BCUT2D eigenvalue weighted by atomic mass is 10.1. The lowest BCUT2D eigenvalue weighted by Gasteiger charge is -2.17. The number of rotatable bonds is 6. The second-order valence-corrected chi connectivity index (χ2v) is 7.27. The Morgan fingerprint density at radius 1 is 1.28 bits per heavy atom. The summed E-state index contributed by atoms with van der Waals surface area (Å²) in [6.07, 6.45) is 1.91. The van der Waals surface area contributed by atoms with Crippen LogP contribution in [0.3, 0.4) is 0 Å². The van der Waals surface area contributed by atoms with E-state index in [1.54, 1.807) is 24.3 Å². The van der Waals surface area contributed by atoms with Gasteiger partial charge >= 0.3 is 5.97 Å². The number of nitriles is 1. The largest absolute Gasteiger partial charge is 0.507 e. The van der Waals surface area contributed by atoms with E-state index in [0.717, 1.165) is 25.9 Å². The number of imidazole rings is 1. The number of aromatic nitrogens is 2. The minimum atomic E-state index is -0.852. The van der Waals surface area contributed by atoms with Gasteiger partial charge in [0, 0.05) is 19.2 Å². The SMILES string of the molecule is N#C/C(=C(/O)COC(=O)c1ccc(N2CCCC2)c([N+](=O)[O-])c1)c1nc2ccccc2[nH]1. The number of aliphatic hydroxyl groups is 1. The summed E-state index contributed by atoms with van der Waals surface area (Å²) >= 11 is 0. The molecule has 0 spiro atoms. The third kappa shape index (κ3) is 4.09. The van der Waals surface area contributed by atoms with Gasteiger partial charge in [0.25, 0.3) is 5.69 Å². The lowest BCUT2D eigenvalue weighted by Crippen LogP contribution is -2.19. The Morgan fingerprint density at radius 3 is 2.72 bits per heavy atom. The van der Waals surface area contributed by atoms with Crippen LogP contribution in [0.5, 0.6) is 0 Å². The number of hydrogen-bond donors (Lipinski definition) is 2. The van der Waals surface area contributed by atoms with Crippen LogP contribution in [0, 0.1) is 21.4 Å². The van der Waals surface area contributed by atoms with E-state index >= 15 is 0 Å². The van der Waals surface area contributed by atoms with Gasteiger partial charge < -0.3 is 19.7 Å². The number of H-pyrrole nitrogens is 1. The second-order valence-electron chi connectivity index (χ2n) is 7.27. The number of para-hydroxylation sites is 2. The molecular weight excluding hydrogens is 414 g/mol. The van der Waals surface area contributed by atoms with Crippen LogP contribution in [-0.4, -0.2) is 45.7 Å². The van der Waals surface area contributed by atoms with E-state index in [4.69, 9.17) is 4.74 Å². The molecule has 10 nitrogen and oxygen atoms in total. The zero-order valence-electron chi connectivity index (χ0n) is 16.9. The summed E-state index contributed by atoms with van der Waals surface area (Å²) in [6.45, 7) is 0.866. The lowest BCUT2D eigenvalue weighted by molar-refractivity contribution is -0.384. The molecule has 0 atom stereocenters. The molecule has 0 saturated carbocycles. The smallest absolute Gasteiger partial charge is 0.338 e. The number of ether oxygens (including phenoxy) is 1. The van der Waals surface area contributed by atoms with E-state index < -0.39 is 23.3 Å². The molecule has 1 fully saturated rings. The number of anilines is 1. The van der Waals surface area contributed by atoms with Crippen molar-refractivity contribution in [3.63, 3.8) is 0 Å². The van der Waals surface area contributed by atoms with Gasteiger partial charge in [-0.2, -0.15) is 5.26 Å². The van der Waals surface area contributed by atoms with Gasteiger partial charge in [-0.3, -0.25) is 10.1 Å². The first kappa shape index (κ1) is 20.9. The molecule has 1 aliphatic heterocycles. The van der Waals surface area contributed by atoms with Crippen molar-refractivity contribution in [2.24, 2.45) is 0 Å². The highest BCUT2D eigenvalue weighted by molar-refractivity contribution is 5.92. The number of aliphatic hydroxyl groups excluding tert-OH is 1. The van der Waals surface area contributed by atoms with Gasteiger partial charge in [0.05, 0.1) is 21.5 Å². The Bertz CT molecular complexity index is 1230. The molecule has 162 valence electrons. The number of nitrogens with one attached hydrogen (secondary N) is 1. The molecule has 10 heteroatoms. The summed E-state index contributed by atoms with van der Waals surface area (Å²) in [5.41, 5.74) is 1.40. The molecule has 0 bridgehead atoms. The van der Waals surface area contributed by atoms with Gasteiger partial charge in [-0.1, -0.05) is 12.1 Å². The fraction of sp³-hybridized carbons (Fsp3) is 0.227. The maximum atomic E-state index is 12.4. The molecule has 4 rings (SSSR count). The third-order valence-electron chi connectivity index (χ3n) is 5.22. The number of aromatic amines is 1. The van der Waals surface area contributed by atoms with Crippen LogP contribution in [0.4, 0.5) is 11.4 Å². The molecule has 3 aromatic rings. The Balaban J connectivity index is 1.52. The Morgan fingerprint density at radius 2 is 2.03 bits per heavy atom. The maximum absolute atomic E-state index is 12.4. The van der Waals surface area contributed by atoms with E-state index in [-0.39, 0.29) is 22.6 Å². The molecule has 2 N–H and O–H groups in total. The van der Waals surface area contributed by atoms with Crippen molar-refractivity contribution >= 4 is 34.0 Å². The zero-order valence-corrected chi connectivity index (χ0v) is 16.9. The summed E-state index contributed by atoms with van der Waals surface area (Å²) in [7, 11) is 0. The van der Waals surface area contributed by atoms with Crippen LogP contribution >= 0.6 is 0 Å². The highest BCUT2D eigenvalue weighted by Gasteiger charge is 2.24. The van der Waals surface area contributed by atoms with Crippen LogP contribution in [0.2, 0.25) is 0 Å². The topological polar surface area (TPSA) is 145 Å². The minimum Gasteiger partial charge on any atom is -0.507 e. The van der Waals surface area contributed by atoms with Gasteiger partial charge in [-0.25, -0.2) is 9.78 Å². The molecule has 2 heterocycles. The van der Waals surface area contributed by atoms with Crippen LogP contribution in [0.15, 0.2) is 48.2 Å². The van der Waals surface area contributed by atoms with Gasteiger partial charge in [0.15, 0.2) is 11.6 Å². The predicted molar refractivity (Wildman–Crippen MR) is 116 cm³/mol. The van der Waals surface area contributed by atoms with Crippen molar-refractivity contribution in [3.8, 4) is 6.07 Å². The average molecular weight is 433 g/mol. The van der Waals surface area contributed by atoms with Crippen molar-refractivity contribution in [2.75, 3.05) is 24.6 Å². The quantitative estimate of drug-likeness (QED) is 0.197. The van der Waals surface area contributed by atoms with Crippen LogP contribution in [0.25, 0.3) is 16.6 Å². The first-order valence-corrected chi connectivity index (χ1v) is 9.96. The second kappa shape index (κ2) is 8.77. The molecule has 0 unspecified atom stereocenters. The number of hydrogen-bond acceptors (Lipinski definition) is 8. The van der Waals surface area contributed by atoms with Crippen molar-refractivity contribution in [1.29, 1.82) is 5.26 Å². The highest BCUT2D eigenvalue weighted by Crippen LogP contribution is 2.32. The van der Waals surface area contributed by atoms with Crippen LogP contribution < -0.4 is 4.90 Å². The molecule has 1 saturated heterocycles. The number of allylic oxidation sites excluding steroid dienone is 1.